The molecule has 1 aliphatic rings. The van der Waals surface area contributed by atoms with Crippen LogP contribution in [0.15, 0.2) is 48.5 Å². The van der Waals surface area contributed by atoms with Crippen LogP contribution in [-0.2, 0) is 11.2 Å². The van der Waals surface area contributed by atoms with E-state index in [0.717, 1.165) is 33.3 Å². The van der Waals surface area contributed by atoms with Crippen molar-refractivity contribution in [2.75, 3.05) is 0 Å². The monoisotopic (exact) mass is 306 g/mol. The van der Waals surface area contributed by atoms with Gasteiger partial charge in [-0.3, -0.25) is 10.1 Å². The summed E-state index contributed by atoms with van der Waals surface area (Å²) in [5, 5.41) is 14.0. The molecule has 0 bridgehead atoms. The quantitative estimate of drug-likeness (QED) is 0.681. The van der Waals surface area contributed by atoms with Gasteiger partial charge in [-0.05, 0) is 29.7 Å². The first-order valence-corrected chi connectivity index (χ1v) is 7.79. The molecule has 2 aromatic carbocycles. The molecule has 0 radical (unpaired) electrons. The molecule has 3 aromatic rings. The Morgan fingerprint density at radius 2 is 1.87 bits per heavy atom. The fraction of sp³-hybridized carbons (Fsp3) is 0.211. The first-order chi connectivity index (χ1) is 11.1. The van der Waals surface area contributed by atoms with Crippen molar-refractivity contribution < 1.29 is 9.90 Å². The van der Waals surface area contributed by atoms with Crippen LogP contribution < -0.4 is 5.32 Å². The van der Waals surface area contributed by atoms with E-state index >= 15 is 0 Å². The number of aliphatic carboxylic acids is 1. The Labute approximate surface area is 134 Å². The van der Waals surface area contributed by atoms with Gasteiger partial charge in [-0.25, -0.2) is 0 Å². The largest absolute Gasteiger partial charge is 0.480 e. The number of nitrogens with one attached hydrogen (secondary N) is 2. The van der Waals surface area contributed by atoms with Crippen molar-refractivity contribution in [2.45, 2.75) is 25.4 Å². The van der Waals surface area contributed by atoms with Crippen molar-refractivity contribution in [3.63, 3.8) is 0 Å². The average Bonchev–Trinajstić information content (AvgIpc) is 2.93. The highest BCUT2D eigenvalue weighted by Crippen LogP contribution is 2.36. The molecule has 1 unspecified atom stereocenters. The topological polar surface area (TPSA) is 65.1 Å². The zero-order chi connectivity index (χ0) is 16.0. The van der Waals surface area contributed by atoms with Gasteiger partial charge < -0.3 is 10.1 Å². The van der Waals surface area contributed by atoms with Gasteiger partial charge in [0, 0.05) is 23.0 Å². The van der Waals surface area contributed by atoms with Crippen molar-refractivity contribution in [1.82, 2.24) is 10.3 Å². The molecular formula is C19H18N2O2. The molecular weight excluding hydrogens is 288 g/mol. The minimum Gasteiger partial charge on any atom is -0.480 e. The number of carboxylic acids is 1. The molecule has 3 N–H and O–H groups in total. The van der Waals surface area contributed by atoms with Crippen LogP contribution >= 0.6 is 0 Å². The summed E-state index contributed by atoms with van der Waals surface area (Å²) in [6.07, 6.45) is 0.497. The lowest BCUT2D eigenvalue weighted by Crippen LogP contribution is -2.45. The molecule has 2 atom stereocenters. The smallest absolute Gasteiger partial charge is 0.321 e. The Hall–Kier alpha value is -2.59. The molecule has 1 aromatic heterocycles. The highest BCUT2D eigenvalue weighted by molar-refractivity contribution is 5.87. The summed E-state index contributed by atoms with van der Waals surface area (Å²) in [5.41, 5.74) is 5.52. The van der Waals surface area contributed by atoms with E-state index in [-0.39, 0.29) is 6.04 Å². The number of carbonyl (C=O) groups is 1. The van der Waals surface area contributed by atoms with Crippen LogP contribution in [-0.4, -0.2) is 22.1 Å². The van der Waals surface area contributed by atoms with Gasteiger partial charge >= 0.3 is 5.97 Å². The number of carboxylic acid groups (broad SMARTS) is 1. The Bertz CT molecular complexity index is 897. The summed E-state index contributed by atoms with van der Waals surface area (Å²) in [6, 6.07) is 15.5. The van der Waals surface area contributed by atoms with Crippen molar-refractivity contribution in [2.24, 2.45) is 0 Å². The number of rotatable bonds is 2. The SMILES string of the molecule is Cc1ccccc1C1N[C@H](C(=O)O)Cc2c1[nH]c1ccccc21. The summed E-state index contributed by atoms with van der Waals surface area (Å²) >= 11 is 0. The maximum Gasteiger partial charge on any atom is 0.321 e. The number of aryl methyl sites for hydroxylation is 1. The summed E-state index contributed by atoms with van der Waals surface area (Å²) in [5.74, 6) is -0.806. The molecule has 0 saturated carbocycles. The maximum absolute atomic E-state index is 11.6. The van der Waals surface area contributed by atoms with E-state index in [9.17, 15) is 9.90 Å². The standard InChI is InChI=1S/C19H18N2O2/c1-11-6-2-3-7-12(11)17-18-14(10-16(21-17)19(22)23)13-8-4-5-9-15(13)20-18/h2-9,16-17,20-21H,10H2,1H3,(H,22,23)/t16-,17?/m0/s1. The summed E-state index contributed by atoms with van der Waals surface area (Å²) < 4.78 is 0. The van der Waals surface area contributed by atoms with Gasteiger partial charge in [0.2, 0.25) is 0 Å². The van der Waals surface area contributed by atoms with Crippen molar-refractivity contribution in [3.05, 3.63) is 70.9 Å². The van der Waals surface area contributed by atoms with Gasteiger partial charge in [0.05, 0.1) is 6.04 Å². The van der Waals surface area contributed by atoms with E-state index in [4.69, 9.17) is 0 Å². The number of aromatic amines is 1. The van der Waals surface area contributed by atoms with E-state index in [1.807, 2.05) is 30.3 Å². The number of H-pyrrole nitrogens is 1. The van der Waals surface area contributed by atoms with Gasteiger partial charge in [0.25, 0.3) is 0 Å². The molecule has 1 aliphatic heterocycles. The van der Waals surface area contributed by atoms with Gasteiger partial charge in [-0.1, -0.05) is 42.5 Å². The summed E-state index contributed by atoms with van der Waals surface area (Å²) in [6.45, 7) is 2.06. The van der Waals surface area contributed by atoms with Crippen LogP contribution in [0.4, 0.5) is 0 Å². The molecule has 116 valence electrons. The van der Waals surface area contributed by atoms with E-state index < -0.39 is 12.0 Å². The number of aromatic nitrogens is 1. The molecule has 2 heterocycles. The molecule has 4 rings (SSSR count). The van der Waals surface area contributed by atoms with Gasteiger partial charge in [-0.15, -0.1) is 0 Å². The second kappa shape index (κ2) is 5.25. The predicted molar refractivity (Wildman–Crippen MR) is 89.6 cm³/mol. The second-order valence-corrected chi connectivity index (χ2v) is 6.11. The van der Waals surface area contributed by atoms with Crippen LogP contribution in [0, 0.1) is 6.92 Å². The van der Waals surface area contributed by atoms with Gasteiger partial charge in [-0.2, -0.15) is 0 Å². The zero-order valence-corrected chi connectivity index (χ0v) is 12.8. The van der Waals surface area contributed by atoms with E-state index in [1.54, 1.807) is 0 Å². The number of fused-ring (bicyclic) bond motifs is 3. The van der Waals surface area contributed by atoms with Crippen LogP contribution in [0.3, 0.4) is 0 Å². The van der Waals surface area contributed by atoms with E-state index in [0.29, 0.717) is 6.42 Å². The van der Waals surface area contributed by atoms with Crippen molar-refractivity contribution in [3.8, 4) is 0 Å². The molecule has 23 heavy (non-hydrogen) atoms. The number of hydrogen-bond donors (Lipinski definition) is 3. The van der Waals surface area contributed by atoms with E-state index in [1.165, 1.54) is 0 Å². The fourth-order valence-corrected chi connectivity index (χ4v) is 3.55. The number of para-hydroxylation sites is 1. The molecule has 0 aliphatic carbocycles. The lowest BCUT2D eigenvalue weighted by Gasteiger charge is -2.30. The lowest BCUT2D eigenvalue weighted by molar-refractivity contribution is -0.139. The normalized spacial score (nSPS) is 20.4. The maximum atomic E-state index is 11.6. The number of hydrogen-bond acceptors (Lipinski definition) is 2. The third-order valence-electron chi connectivity index (χ3n) is 4.71. The molecule has 4 heteroatoms. The third kappa shape index (κ3) is 2.23. The van der Waals surface area contributed by atoms with Crippen LogP contribution in [0.5, 0.6) is 0 Å². The summed E-state index contributed by atoms with van der Waals surface area (Å²) in [4.78, 5) is 15.1. The number of benzene rings is 2. The molecule has 0 fully saturated rings. The first kappa shape index (κ1) is 14.0. The average molecular weight is 306 g/mol. The minimum absolute atomic E-state index is 0.131. The third-order valence-corrected chi connectivity index (χ3v) is 4.71. The highest BCUT2D eigenvalue weighted by Gasteiger charge is 2.34. The highest BCUT2D eigenvalue weighted by atomic mass is 16.4. The zero-order valence-electron chi connectivity index (χ0n) is 12.8. The molecule has 0 spiro atoms. The summed E-state index contributed by atoms with van der Waals surface area (Å²) in [7, 11) is 0. The fourth-order valence-electron chi connectivity index (χ4n) is 3.55. The second-order valence-electron chi connectivity index (χ2n) is 6.11. The van der Waals surface area contributed by atoms with Crippen LogP contribution in [0.1, 0.15) is 28.4 Å². The minimum atomic E-state index is -0.806. The van der Waals surface area contributed by atoms with Gasteiger partial charge in [0.1, 0.15) is 6.04 Å². The molecule has 0 saturated heterocycles. The van der Waals surface area contributed by atoms with Crippen molar-refractivity contribution >= 4 is 16.9 Å². The van der Waals surface area contributed by atoms with Crippen LogP contribution in [0.25, 0.3) is 10.9 Å². The first-order valence-electron chi connectivity index (χ1n) is 7.79. The molecule has 4 nitrogen and oxygen atoms in total. The van der Waals surface area contributed by atoms with Gasteiger partial charge in [0.15, 0.2) is 0 Å². The lowest BCUT2D eigenvalue weighted by atomic mass is 9.89. The van der Waals surface area contributed by atoms with E-state index in [2.05, 4.69) is 35.4 Å². The predicted octanol–water partition coefficient (Wildman–Crippen LogP) is 3.16. The van der Waals surface area contributed by atoms with Crippen molar-refractivity contribution in [1.29, 1.82) is 0 Å². The Kier molecular flexibility index (Phi) is 3.20. The van der Waals surface area contributed by atoms with Crippen LogP contribution in [0.2, 0.25) is 0 Å². The Balaban J connectivity index is 1.93. The molecule has 0 amide bonds. The Morgan fingerprint density at radius 1 is 1.13 bits per heavy atom. The Morgan fingerprint density at radius 3 is 2.65 bits per heavy atom.